The number of primary amides is 1. The number of amides is 1. The van der Waals surface area contributed by atoms with Crippen LogP contribution in [0.3, 0.4) is 0 Å². The Hall–Kier alpha value is -1.73. The maximum atomic E-state index is 10.9. The molecule has 0 atom stereocenters. The van der Waals surface area contributed by atoms with Gasteiger partial charge in [-0.15, -0.1) is 11.3 Å². The summed E-state index contributed by atoms with van der Waals surface area (Å²) >= 11 is 2.90. The molecule has 5 nitrogen and oxygen atoms in total. The molecule has 102 valence electrons. The third-order valence-electron chi connectivity index (χ3n) is 2.87. The first-order chi connectivity index (χ1) is 9.56. The number of fused-ring (bicyclic) bond motifs is 3. The zero-order chi connectivity index (χ0) is 14.3. The summed E-state index contributed by atoms with van der Waals surface area (Å²) in [5.74, 6) is -0.140. The molecule has 0 saturated carbocycles. The Labute approximate surface area is 123 Å². The SMILES string of the molecule is Cc1cc(C)c2c(n1)sc1c(SCC(N)=O)ncnc12. The van der Waals surface area contributed by atoms with Crippen LogP contribution in [0.15, 0.2) is 17.4 Å². The fraction of sp³-hybridized carbons (Fsp3) is 0.231. The number of carbonyl (C=O) groups excluding carboxylic acids is 1. The van der Waals surface area contributed by atoms with Crippen molar-refractivity contribution < 1.29 is 4.79 Å². The number of thioether (sulfide) groups is 1. The number of hydrogen-bond donors (Lipinski definition) is 1. The first-order valence-corrected chi connectivity index (χ1v) is 7.79. The van der Waals surface area contributed by atoms with E-state index in [1.54, 1.807) is 11.3 Å². The predicted molar refractivity (Wildman–Crippen MR) is 82.1 cm³/mol. The van der Waals surface area contributed by atoms with Crippen molar-refractivity contribution in [2.24, 2.45) is 5.73 Å². The summed E-state index contributed by atoms with van der Waals surface area (Å²) in [6, 6.07) is 2.05. The molecule has 3 rings (SSSR count). The van der Waals surface area contributed by atoms with Gasteiger partial charge in [-0.25, -0.2) is 15.0 Å². The third kappa shape index (κ3) is 2.23. The first kappa shape index (κ1) is 13.3. The zero-order valence-corrected chi connectivity index (χ0v) is 12.6. The van der Waals surface area contributed by atoms with Crippen LogP contribution >= 0.6 is 23.1 Å². The van der Waals surface area contributed by atoms with Gasteiger partial charge in [-0.05, 0) is 25.5 Å². The van der Waals surface area contributed by atoms with Crippen LogP contribution in [-0.4, -0.2) is 26.6 Å². The Kier molecular flexibility index (Phi) is 3.31. The molecule has 0 aliphatic rings. The lowest BCUT2D eigenvalue weighted by Crippen LogP contribution is -2.13. The largest absolute Gasteiger partial charge is 0.369 e. The quantitative estimate of drug-likeness (QED) is 0.593. The maximum absolute atomic E-state index is 10.9. The van der Waals surface area contributed by atoms with Crippen LogP contribution in [0.4, 0.5) is 0 Å². The van der Waals surface area contributed by atoms with E-state index in [0.29, 0.717) is 0 Å². The second-order valence-corrected chi connectivity index (χ2v) is 6.44. The molecule has 1 amide bonds. The van der Waals surface area contributed by atoms with Crippen LogP contribution in [-0.2, 0) is 4.79 Å². The van der Waals surface area contributed by atoms with Crippen molar-refractivity contribution in [3.8, 4) is 0 Å². The van der Waals surface area contributed by atoms with Gasteiger partial charge in [0.05, 0.1) is 16.0 Å². The van der Waals surface area contributed by atoms with Crippen LogP contribution in [0.5, 0.6) is 0 Å². The standard InChI is InChI=1S/C13H12N4OS2/c1-6-3-7(2)17-12-9(6)10-11(20-12)13(16-5-15-10)19-4-8(14)18/h3,5H,4H2,1-2H3,(H2,14,18). The number of nitrogens with zero attached hydrogens (tertiary/aromatic N) is 3. The molecule has 20 heavy (non-hydrogen) atoms. The highest BCUT2D eigenvalue weighted by molar-refractivity contribution is 8.00. The van der Waals surface area contributed by atoms with Crippen molar-refractivity contribution in [3.05, 3.63) is 23.7 Å². The van der Waals surface area contributed by atoms with Gasteiger partial charge in [0.25, 0.3) is 0 Å². The van der Waals surface area contributed by atoms with Gasteiger partial charge in [0, 0.05) is 11.1 Å². The van der Waals surface area contributed by atoms with E-state index in [1.165, 1.54) is 18.1 Å². The number of thiophene rings is 1. The molecule has 0 aliphatic carbocycles. The van der Waals surface area contributed by atoms with E-state index in [-0.39, 0.29) is 11.7 Å². The van der Waals surface area contributed by atoms with Gasteiger partial charge < -0.3 is 5.73 Å². The highest BCUT2D eigenvalue weighted by Gasteiger charge is 2.15. The van der Waals surface area contributed by atoms with Gasteiger partial charge in [0.1, 0.15) is 16.2 Å². The van der Waals surface area contributed by atoms with Gasteiger partial charge in [-0.2, -0.15) is 0 Å². The Morgan fingerprint density at radius 2 is 2.20 bits per heavy atom. The Bertz CT molecular complexity index is 828. The number of hydrogen-bond acceptors (Lipinski definition) is 6. The Balaban J connectivity index is 2.25. The van der Waals surface area contributed by atoms with Crippen LogP contribution < -0.4 is 5.73 Å². The van der Waals surface area contributed by atoms with E-state index in [2.05, 4.69) is 21.9 Å². The second-order valence-electron chi connectivity index (χ2n) is 4.47. The molecule has 3 aromatic heterocycles. The van der Waals surface area contributed by atoms with E-state index < -0.39 is 0 Å². The lowest BCUT2D eigenvalue weighted by atomic mass is 10.1. The Morgan fingerprint density at radius 3 is 2.95 bits per heavy atom. The number of aryl methyl sites for hydroxylation is 2. The van der Waals surface area contributed by atoms with Crippen molar-refractivity contribution >= 4 is 49.4 Å². The Morgan fingerprint density at radius 1 is 1.40 bits per heavy atom. The molecule has 0 aromatic carbocycles. The minimum Gasteiger partial charge on any atom is -0.369 e. The minimum atomic E-state index is -0.354. The van der Waals surface area contributed by atoms with E-state index in [1.807, 2.05) is 13.0 Å². The van der Waals surface area contributed by atoms with Crippen LogP contribution in [0.1, 0.15) is 11.3 Å². The minimum absolute atomic E-state index is 0.214. The number of pyridine rings is 1. The lowest BCUT2D eigenvalue weighted by molar-refractivity contribution is -0.115. The van der Waals surface area contributed by atoms with Gasteiger partial charge >= 0.3 is 0 Å². The molecule has 7 heteroatoms. The van der Waals surface area contributed by atoms with Crippen LogP contribution in [0.25, 0.3) is 20.4 Å². The fourth-order valence-electron chi connectivity index (χ4n) is 2.13. The monoisotopic (exact) mass is 304 g/mol. The van der Waals surface area contributed by atoms with Crippen molar-refractivity contribution in [2.45, 2.75) is 18.9 Å². The second kappa shape index (κ2) is 4.99. The summed E-state index contributed by atoms with van der Waals surface area (Å²) in [6.07, 6.45) is 1.52. The van der Waals surface area contributed by atoms with Gasteiger partial charge in [-0.1, -0.05) is 11.8 Å². The van der Waals surface area contributed by atoms with E-state index in [0.717, 1.165) is 36.7 Å². The highest BCUT2D eigenvalue weighted by Crippen LogP contribution is 2.37. The predicted octanol–water partition coefficient (Wildman–Crippen LogP) is 2.43. The molecule has 0 fully saturated rings. The molecular weight excluding hydrogens is 292 g/mol. The number of rotatable bonds is 3. The average molecular weight is 304 g/mol. The smallest absolute Gasteiger partial charge is 0.227 e. The molecule has 0 saturated heterocycles. The fourth-order valence-corrected chi connectivity index (χ4v) is 4.20. The van der Waals surface area contributed by atoms with E-state index in [9.17, 15) is 4.79 Å². The molecule has 2 N–H and O–H groups in total. The summed E-state index contributed by atoms with van der Waals surface area (Å²) in [4.78, 5) is 25.1. The summed E-state index contributed by atoms with van der Waals surface area (Å²) in [7, 11) is 0. The molecular formula is C13H12N4OS2. The average Bonchev–Trinajstić information content (AvgIpc) is 2.74. The van der Waals surface area contributed by atoms with Crippen LogP contribution in [0, 0.1) is 13.8 Å². The number of nitrogens with two attached hydrogens (primary N) is 1. The van der Waals surface area contributed by atoms with Gasteiger partial charge in [-0.3, -0.25) is 4.79 Å². The van der Waals surface area contributed by atoms with E-state index in [4.69, 9.17) is 5.73 Å². The van der Waals surface area contributed by atoms with Crippen LogP contribution in [0.2, 0.25) is 0 Å². The molecule has 0 aliphatic heterocycles. The number of carbonyl (C=O) groups is 1. The maximum Gasteiger partial charge on any atom is 0.227 e. The third-order valence-corrected chi connectivity index (χ3v) is 5.09. The zero-order valence-electron chi connectivity index (χ0n) is 11.0. The molecule has 0 radical (unpaired) electrons. The summed E-state index contributed by atoms with van der Waals surface area (Å²) < 4.78 is 0.968. The lowest BCUT2D eigenvalue weighted by Gasteiger charge is -2.00. The van der Waals surface area contributed by atoms with Crippen molar-refractivity contribution in [1.29, 1.82) is 0 Å². The molecule has 3 aromatic rings. The van der Waals surface area contributed by atoms with Crippen molar-refractivity contribution in [1.82, 2.24) is 15.0 Å². The topological polar surface area (TPSA) is 81.8 Å². The van der Waals surface area contributed by atoms with Crippen molar-refractivity contribution in [2.75, 3.05) is 5.75 Å². The summed E-state index contributed by atoms with van der Waals surface area (Å²) in [5.41, 5.74) is 8.23. The highest BCUT2D eigenvalue weighted by atomic mass is 32.2. The summed E-state index contributed by atoms with van der Waals surface area (Å²) in [6.45, 7) is 4.03. The molecule has 0 bridgehead atoms. The normalized spacial score (nSPS) is 11.3. The number of aromatic nitrogens is 3. The van der Waals surface area contributed by atoms with Gasteiger partial charge in [0.15, 0.2) is 0 Å². The molecule has 3 heterocycles. The van der Waals surface area contributed by atoms with E-state index >= 15 is 0 Å². The summed E-state index contributed by atoms with van der Waals surface area (Å²) in [5, 5.41) is 1.85. The van der Waals surface area contributed by atoms with Gasteiger partial charge in [0.2, 0.25) is 5.91 Å². The van der Waals surface area contributed by atoms with Crippen molar-refractivity contribution in [3.63, 3.8) is 0 Å². The molecule has 0 unspecified atom stereocenters. The molecule has 0 spiro atoms. The first-order valence-electron chi connectivity index (χ1n) is 5.99.